The minimum Gasteiger partial charge on any atom is -0.382 e. The number of aromatic nitrogens is 1. The van der Waals surface area contributed by atoms with Gasteiger partial charge in [0.25, 0.3) is 0 Å². The molecule has 1 saturated heterocycles. The Hall–Kier alpha value is -1.29. The highest BCUT2D eigenvalue weighted by atomic mass is 16.5. The van der Waals surface area contributed by atoms with E-state index in [1.807, 2.05) is 12.3 Å². The van der Waals surface area contributed by atoms with E-state index in [0.717, 1.165) is 50.3 Å². The molecular weight excluding hydrogens is 250 g/mol. The molecule has 2 heterocycles. The maximum Gasteiger partial charge on any atom is 0.127 e. The third kappa shape index (κ3) is 3.63. The number of anilines is 2. The van der Waals surface area contributed by atoms with Gasteiger partial charge >= 0.3 is 0 Å². The fourth-order valence-electron chi connectivity index (χ4n) is 2.93. The summed E-state index contributed by atoms with van der Waals surface area (Å²) in [6, 6.07) is 4.61. The van der Waals surface area contributed by atoms with Crippen molar-refractivity contribution < 1.29 is 4.74 Å². The van der Waals surface area contributed by atoms with E-state index in [1.165, 1.54) is 0 Å². The molecule has 112 valence electrons. The average Bonchev–Trinajstić information content (AvgIpc) is 2.48. The number of rotatable bonds is 6. The lowest BCUT2D eigenvalue weighted by Crippen LogP contribution is -2.43. The molecule has 1 unspecified atom stereocenters. The quantitative estimate of drug-likeness (QED) is 0.833. The van der Waals surface area contributed by atoms with Crippen LogP contribution >= 0.6 is 0 Å². The molecule has 1 fully saturated rings. The monoisotopic (exact) mass is 277 g/mol. The largest absolute Gasteiger partial charge is 0.382 e. The Kier molecular flexibility index (Phi) is 5.24. The molecule has 4 heteroatoms. The van der Waals surface area contributed by atoms with Gasteiger partial charge in [0.1, 0.15) is 5.82 Å². The van der Waals surface area contributed by atoms with Gasteiger partial charge in [-0.05, 0) is 38.7 Å². The highest BCUT2D eigenvalue weighted by molar-refractivity contribution is 5.52. The number of pyridine rings is 1. The summed E-state index contributed by atoms with van der Waals surface area (Å²) in [5, 5.41) is 6.89. The third-order valence-corrected chi connectivity index (χ3v) is 4.27. The van der Waals surface area contributed by atoms with Crippen molar-refractivity contribution in [1.29, 1.82) is 0 Å². The van der Waals surface area contributed by atoms with Crippen LogP contribution in [0.15, 0.2) is 18.3 Å². The van der Waals surface area contributed by atoms with E-state index in [2.05, 4.69) is 42.5 Å². The van der Waals surface area contributed by atoms with Crippen LogP contribution in [0, 0.1) is 0 Å². The van der Waals surface area contributed by atoms with Gasteiger partial charge in [0, 0.05) is 37.1 Å². The molecule has 1 aromatic heterocycles. The van der Waals surface area contributed by atoms with Gasteiger partial charge in [-0.1, -0.05) is 13.8 Å². The van der Waals surface area contributed by atoms with Crippen LogP contribution in [0.5, 0.6) is 0 Å². The summed E-state index contributed by atoms with van der Waals surface area (Å²) in [5.74, 6) is 0.932. The second-order valence-electron chi connectivity index (χ2n) is 5.53. The highest BCUT2D eigenvalue weighted by Gasteiger charge is 2.34. The van der Waals surface area contributed by atoms with Crippen LogP contribution < -0.4 is 10.6 Å². The van der Waals surface area contributed by atoms with Crippen molar-refractivity contribution in [2.75, 3.05) is 23.8 Å². The molecule has 0 saturated carbocycles. The smallest absolute Gasteiger partial charge is 0.127 e. The Morgan fingerprint density at radius 1 is 1.35 bits per heavy atom. The lowest BCUT2D eigenvalue weighted by atomic mass is 9.86. The van der Waals surface area contributed by atoms with Gasteiger partial charge in [-0.2, -0.15) is 0 Å². The highest BCUT2D eigenvalue weighted by Crippen LogP contribution is 2.32. The SMILES string of the molecule is CCNc1cc(NC2CCOC(CC)(CC)C2)ccn1. The Morgan fingerprint density at radius 2 is 2.15 bits per heavy atom. The van der Waals surface area contributed by atoms with Crippen LogP contribution in [-0.2, 0) is 4.74 Å². The number of nitrogens with one attached hydrogen (secondary N) is 2. The normalized spacial score (nSPS) is 21.4. The summed E-state index contributed by atoms with van der Waals surface area (Å²) in [7, 11) is 0. The van der Waals surface area contributed by atoms with Gasteiger partial charge in [-0.15, -0.1) is 0 Å². The first-order valence-electron chi connectivity index (χ1n) is 7.81. The molecule has 2 rings (SSSR count). The molecule has 1 atom stereocenters. The molecular formula is C16H27N3O. The summed E-state index contributed by atoms with van der Waals surface area (Å²) >= 11 is 0. The predicted molar refractivity (Wildman–Crippen MR) is 84.3 cm³/mol. The van der Waals surface area contributed by atoms with Gasteiger partial charge in [0.2, 0.25) is 0 Å². The first-order valence-corrected chi connectivity index (χ1v) is 7.81. The third-order valence-electron chi connectivity index (χ3n) is 4.27. The summed E-state index contributed by atoms with van der Waals surface area (Å²) < 4.78 is 6.03. The molecule has 0 spiro atoms. The Morgan fingerprint density at radius 3 is 2.85 bits per heavy atom. The second-order valence-corrected chi connectivity index (χ2v) is 5.53. The second kappa shape index (κ2) is 6.93. The fourth-order valence-corrected chi connectivity index (χ4v) is 2.93. The van der Waals surface area contributed by atoms with Crippen LogP contribution in [0.1, 0.15) is 46.5 Å². The zero-order valence-electron chi connectivity index (χ0n) is 12.9. The lowest BCUT2D eigenvalue weighted by Gasteiger charge is -2.40. The summed E-state index contributed by atoms with van der Waals surface area (Å²) in [4.78, 5) is 4.31. The zero-order chi connectivity index (χ0) is 14.4. The lowest BCUT2D eigenvalue weighted by molar-refractivity contribution is -0.0864. The molecule has 2 N–H and O–H groups in total. The van der Waals surface area contributed by atoms with Crippen LogP contribution in [0.4, 0.5) is 11.5 Å². The number of ether oxygens (including phenoxy) is 1. The number of nitrogens with zero attached hydrogens (tertiary/aromatic N) is 1. The van der Waals surface area contributed by atoms with Gasteiger partial charge in [0.05, 0.1) is 5.60 Å². The molecule has 1 aliphatic rings. The van der Waals surface area contributed by atoms with E-state index in [0.29, 0.717) is 6.04 Å². The number of hydrogen-bond donors (Lipinski definition) is 2. The van der Waals surface area contributed by atoms with Crippen molar-refractivity contribution in [3.05, 3.63) is 18.3 Å². The maximum absolute atomic E-state index is 6.03. The number of hydrogen-bond acceptors (Lipinski definition) is 4. The van der Waals surface area contributed by atoms with E-state index in [4.69, 9.17) is 4.74 Å². The Labute approximate surface area is 122 Å². The molecule has 0 aromatic carbocycles. The molecule has 4 nitrogen and oxygen atoms in total. The van der Waals surface area contributed by atoms with Crippen molar-refractivity contribution in [2.45, 2.75) is 58.1 Å². The van der Waals surface area contributed by atoms with Gasteiger partial charge in [0.15, 0.2) is 0 Å². The molecule has 20 heavy (non-hydrogen) atoms. The van der Waals surface area contributed by atoms with E-state index < -0.39 is 0 Å². The Balaban J connectivity index is 2.00. The van der Waals surface area contributed by atoms with Gasteiger partial charge in [-0.3, -0.25) is 0 Å². The molecule has 0 aliphatic carbocycles. The van der Waals surface area contributed by atoms with Crippen LogP contribution in [0.25, 0.3) is 0 Å². The topological polar surface area (TPSA) is 46.2 Å². The van der Waals surface area contributed by atoms with E-state index in [9.17, 15) is 0 Å². The summed E-state index contributed by atoms with van der Waals surface area (Å²) in [6.45, 7) is 8.27. The van der Waals surface area contributed by atoms with Crippen molar-refractivity contribution >= 4 is 11.5 Å². The van der Waals surface area contributed by atoms with E-state index in [-0.39, 0.29) is 5.60 Å². The summed E-state index contributed by atoms with van der Waals surface area (Å²) in [6.07, 6.45) is 6.17. The van der Waals surface area contributed by atoms with Gasteiger partial charge < -0.3 is 15.4 Å². The zero-order valence-corrected chi connectivity index (χ0v) is 12.9. The minimum absolute atomic E-state index is 0.0629. The first kappa shape index (κ1) is 15.1. The predicted octanol–water partition coefficient (Wildman–Crippen LogP) is 3.66. The van der Waals surface area contributed by atoms with Crippen LogP contribution in [0.2, 0.25) is 0 Å². The molecule has 0 radical (unpaired) electrons. The minimum atomic E-state index is 0.0629. The van der Waals surface area contributed by atoms with E-state index >= 15 is 0 Å². The van der Waals surface area contributed by atoms with E-state index in [1.54, 1.807) is 0 Å². The Bertz CT molecular complexity index is 418. The van der Waals surface area contributed by atoms with Crippen molar-refractivity contribution in [1.82, 2.24) is 4.98 Å². The van der Waals surface area contributed by atoms with Gasteiger partial charge in [-0.25, -0.2) is 4.98 Å². The first-order chi connectivity index (χ1) is 9.71. The maximum atomic E-state index is 6.03. The van der Waals surface area contributed by atoms with Crippen molar-refractivity contribution in [2.24, 2.45) is 0 Å². The van der Waals surface area contributed by atoms with Crippen molar-refractivity contribution in [3.63, 3.8) is 0 Å². The molecule has 0 amide bonds. The standard InChI is InChI=1S/C16H27N3O/c1-4-16(5-2)12-14(8-10-20-16)19-13-7-9-18-15(11-13)17-6-3/h7,9,11,14H,4-6,8,10,12H2,1-3H3,(H2,17,18,19). The van der Waals surface area contributed by atoms with Crippen LogP contribution in [0.3, 0.4) is 0 Å². The molecule has 0 bridgehead atoms. The van der Waals surface area contributed by atoms with Crippen LogP contribution in [-0.4, -0.2) is 29.8 Å². The molecule has 1 aliphatic heterocycles. The average molecular weight is 277 g/mol. The van der Waals surface area contributed by atoms with Crippen molar-refractivity contribution in [3.8, 4) is 0 Å². The fraction of sp³-hybridized carbons (Fsp3) is 0.688. The molecule has 1 aromatic rings. The summed E-state index contributed by atoms with van der Waals surface area (Å²) in [5.41, 5.74) is 1.21.